The first-order valence-corrected chi connectivity index (χ1v) is 9.52. The predicted octanol–water partition coefficient (Wildman–Crippen LogP) is 2.38. The molecule has 150 valence electrons. The molecule has 1 saturated heterocycles. The molecule has 2 amide bonds. The van der Waals surface area contributed by atoms with Crippen molar-refractivity contribution in [2.75, 3.05) is 12.4 Å². The van der Waals surface area contributed by atoms with Crippen molar-refractivity contribution in [1.29, 1.82) is 0 Å². The molecular formula is C21H24N6O2. The Morgan fingerprint density at radius 2 is 1.86 bits per heavy atom. The number of carbonyl (C=O) groups is 2. The number of amides is 2. The van der Waals surface area contributed by atoms with Crippen LogP contribution in [0.4, 0.5) is 5.69 Å². The molecule has 2 unspecified atom stereocenters. The number of hydrogen-bond donors (Lipinski definition) is 1. The maximum atomic E-state index is 13.0. The van der Waals surface area contributed by atoms with E-state index in [-0.39, 0.29) is 24.3 Å². The zero-order chi connectivity index (χ0) is 20.7. The zero-order valence-corrected chi connectivity index (χ0v) is 17.0. The lowest BCUT2D eigenvalue weighted by Gasteiger charge is -2.24. The molecule has 8 nitrogen and oxygen atoms in total. The van der Waals surface area contributed by atoms with E-state index < -0.39 is 5.92 Å². The standard InChI is InChI=1S/C21H24N6O2/c1-13-14(2)27(12-22-13)16-7-5-15(6-8-16)24-21(29)17-11-19(28)25(3)20(17)18-9-10-23-26(18)4/h5-10,12,17,20H,11H2,1-4H3,(H,24,29). The van der Waals surface area contributed by atoms with E-state index in [0.29, 0.717) is 5.69 Å². The Hall–Kier alpha value is -3.42. The van der Waals surface area contributed by atoms with Crippen LogP contribution in [-0.4, -0.2) is 43.1 Å². The second-order valence-electron chi connectivity index (χ2n) is 7.46. The van der Waals surface area contributed by atoms with Gasteiger partial charge in [-0.25, -0.2) is 4.98 Å². The van der Waals surface area contributed by atoms with E-state index in [9.17, 15) is 9.59 Å². The summed E-state index contributed by atoms with van der Waals surface area (Å²) in [5.41, 5.74) is 4.58. The van der Waals surface area contributed by atoms with Crippen LogP contribution in [-0.2, 0) is 16.6 Å². The number of nitrogens with one attached hydrogen (secondary N) is 1. The highest BCUT2D eigenvalue weighted by atomic mass is 16.2. The van der Waals surface area contributed by atoms with Gasteiger partial charge in [0.05, 0.1) is 29.7 Å². The molecule has 1 aliphatic rings. The fraction of sp³-hybridized carbons (Fsp3) is 0.333. The molecule has 8 heteroatoms. The van der Waals surface area contributed by atoms with Gasteiger partial charge in [-0.05, 0) is 44.2 Å². The Morgan fingerprint density at radius 3 is 2.45 bits per heavy atom. The number of carbonyl (C=O) groups excluding carboxylic acids is 2. The van der Waals surface area contributed by atoms with Gasteiger partial charge in [-0.15, -0.1) is 0 Å². The van der Waals surface area contributed by atoms with Gasteiger partial charge in [-0.3, -0.25) is 14.3 Å². The second kappa shape index (κ2) is 7.20. The lowest BCUT2D eigenvalue weighted by Crippen LogP contribution is -2.31. The van der Waals surface area contributed by atoms with Gasteiger partial charge in [-0.2, -0.15) is 5.10 Å². The highest BCUT2D eigenvalue weighted by Crippen LogP contribution is 2.37. The van der Waals surface area contributed by atoms with Crippen molar-refractivity contribution in [3.05, 3.63) is 59.9 Å². The summed E-state index contributed by atoms with van der Waals surface area (Å²) in [5.74, 6) is -0.685. The van der Waals surface area contributed by atoms with Crippen molar-refractivity contribution >= 4 is 17.5 Å². The quantitative estimate of drug-likeness (QED) is 0.739. The predicted molar refractivity (Wildman–Crippen MR) is 108 cm³/mol. The number of imidazole rings is 1. The summed E-state index contributed by atoms with van der Waals surface area (Å²) < 4.78 is 3.72. The number of aryl methyl sites for hydroxylation is 2. The van der Waals surface area contributed by atoms with Gasteiger partial charge in [0.2, 0.25) is 11.8 Å². The summed E-state index contributed by atoms with van der Waals surface area (Å²) in [7, 11) is 3.55. The molecule has 1 aliphatic heterocycles. The third kappa shape index (κ3) is 3.30. The molecule has 4 rings (SSSR count). The highest BCUT2D eigenvalue weighted by Gasteiger charge is 2.43. The molecule has 2 aromatic heterocycles. The lowest BCUT2D eigenvalue weighted by molar-refractivity contribution is -0.128. The molecule has 0 bridgehead atoms. The van der Waals surface area contributed by atoms with Crippen LogP contribution in [0.15, 0.2) is 42.9 Å². The van der Waals surface area contributed by atoms with Gasteiger partial charge in [0, 0.05) is 43.8 Å². The van der Waals surface area contributed by atoms with Gasteiger partial charge in [0.15, 0.2) is 0 Å². The highest BCUT2D eigenvalue weighted by molar-refractivity contribution is 5.97. The summed E-state index contributed by atoms with van der Waals surface area (Å²) in [5, 5.41) is 7.15. The third-order valence-corrected chi connectivity index (χ3v) is 5.75. The van der Waals surface area contributed by atoms with Gasteiger partial charge in [0.25, 0.3) is 0 Å². The molecule has 2 atom stereocenters. The molecular weight excluding hydrogens is 368 g/mol. The van der Waals surface area contributed by atoms with Crippen molar-refractivity contribution in [1.82, 2.24) is 24.2 Å². The van der Waals surface area contributed by atoms with Crippen LogP contribution in [0.3, 0.4) is 0 Å². The average Bonchev–Trinajstić information content (AvgIpc) is 3.35. The lowest BCUT2D eigenvalue weighted by atomic mass is 9.96. The van der Waals surface area contributed by atoms with E-state index in [2.05, 4.69) is 15.4 Å². The monoisotopic (exact) mass is 392 g/mol. The van der Waals surface area contributed by atoms with Crippen LogP contribution in [0.1, 0.15) is 29.5 Å². The van der Waals surface area contributed by atoms with Crippen molar-refractivity contribution < 1.29 is 9.59 Å². The van der Waals surface area contributed by atoms with Gasteiger partial charge in [0.1, 0.15) is 0 Å². The molecule has 1 fully saturated rings. The van der Waals surface area contributed by atoms with Crippen LogP contribution < -0.4 is 5.32 Å². The second-order valence-corrected chi connectivity index (χ2v) is 7.46. The number of aromatic nitrogens is 4. The van der Waals surface area contributed by atoms with Crippen molar-refractivity contribution in [2.45, 2.75) is 26.3 Å². The molecule has 0 radical (unpaired) electrons. The number of rotatable bonds is 4. The summed E-state index contributed by atoms with van der Waals surface area (Å²) in [6.07, 6.45) is 3.65. The minimum Gasteiger partial charge on any atom is -0.336 e. The van der Waals surface area contributed by atoms with E-state index >= 15 is 0 Å². The number of hydrogen-bond acceptors (Lipinski definition) is 4. The first kappa shape index (κ1) is 18.9. The Kier molecular flexibility index (Phi) is 4.70. The zero-order valence-electron chi connectivity index (χ0n) is 17.0. The number of nitrogens with zero attached hydrogens (tertiary/aromatic N) is 5. The maximum Gasteiger partial charge on any atom is 0.230 e. The topological polar surface area (TPSA) is 85.1 Å². The van der Waals surface area contributed by atoms with Crippen molar-refractivity contribution in [3.63, 3.8) is 0 Å². The van der Waals surface area contributed by atoms with Crippen LogP contribution in [0, 0.1) is 19.8 Å². The molecule has 3 aromatic rings. The largest absolute Gasteiger partial charge is 0.336 e. The van der Waals surface area contributed by atoms with Gasteiger partial charge < -0.3 is 14.8 Å². The fourth-order valence-corrected chi connectivity index (χ4v) is 3.88. The van der Waals surface area contributed by atoms with Gasteiger partial charge >= 0.3 is 0 Å². The van der Waals surface area contributed by atoms with Crippen molar-refractivity contribution in [3.8, 4) is 5.69 Å². The normalized spacial score (nSPS) is 19.0. The molecule has 0 spiro atoms. The number of benzene rings is 1. The number of anilines is 1. The molecule has 0 aliphatic carbocycles. The smallest absolute Gasteiger partial charge is 0.230 e. The Labute approximate surface area is 169 Å². The molecule has 3 heterocycles. The Morgan fingerprint density at radius 1 is 1.14 bits per heavy atom. The van der Waals surface area contributed by atoms with E-state index in [0.717, 1.165) is 22.8 Å². The van der Waals surface area contributed by atoms with Crippen LogP contribution in [0.2, 0.25) is 0 Å². The van der Waals surface area contributed by atoms with E-state index in [1.54, 1.807) is 29.2 Å². The van der Waals surface area contributed by atoms with Crippen LogP contribution in [0.5, 0.6) is 0 Å². The maximum absolute atomic E-state index is 13.0. The summed E-state index contributed by atoms with van der Waals surface area (Å²) >= 11 is 0. The minimum absolute atomic E-state index is 0.0438. The van der Waals surface area contributed by atoms with E-state index in [1.165, 1.54) is 0 Å². The average molecular weight is 392 g/mol. The molecule has 29 heavy (non-hydrogen) atoms. The number of likely N-dealkylation sites (tertiary alicyclic amines) is 1. The van der Waals surface area contributed by atoms with Crippen molar-refractivity contribution in [2.24, 2.45) is 13.0 Å². The SMILES string of the molecule is Cc1ncn(-c2ccc(NC(=O)C3CC(=O)N(C)C3c3ccnn3C)cc2)c1C. The van der Waals surface area contributed by atoms with Gasteiger partial charge in [-0.1, -0.05) is 0 Å². The first-order chi connectivity index (χ1) is 13.9. The first-order valence-electron chi connectivity index (χ1n) is 9.52. The molecule has 0 saturated carbocycles. The fourth-order valence-electron chi connectivity index (χ4n) is 3.88. The third-order valence-electron chi connectivity index (χ3n) is 5.75. The van der Waals surface area contributed by atoms with E-state index in [4.69, 9.17) is 0 Å². The molecule has 1 aromatic carbocycles. The van der Waals surface area contributed by atoms with Crippen LogP contribution in [0.25, 0.3) is 5.69 Å². The Bertz CT molecular complexity index is 1070. The summed E-state index contributed by atoms with van der Waals surface area (Å²) in [6, 6.07) is 9.13. The Balaban J connectivity index is 1.53. The minimum atomic E-state index is -0.471. The summed E-state index contributed by atoms with van der Waals surface area (Å²) in [6.45, 7) is 3.99. The van der Waals surface area contributed by atoms with Crippen LogP contribution >= 0.6 is 0 Å². The molecule has 1 N–H and O–H groups in total. The summed E-state index contributed by atoms with van der Waals surface area (Å²) in [4.78, 5) is 31.3. The van der Waals surface area contributed by atoms with E-state index in [1.807, 2.05) is 55.8 Å².